The summed E-state index contributed by atoms with van der Waals surface area (Å²) >= 11 is 0. The van der Waals surface area contributed by atoms with Gasteiger partial charge in [0.15, 0.2) is 0 Å². The third kappa shape index (κ3) is 5.22. The number of carbonyl (C=O) groups excluding carboxylic acids is 2. The molecule has 3 aliphatic heterocycles. The maximum atomic E-state index is 13.3. The van der Waals surface area contributed by atoms with Crippen LogP contribution in [0.1, 0.15) is 72.3 Å². The lowest BCUT2D eigenvalue weighted by Gasteiger charge is -2.44. The first-order valence-corrected chi connectivity index (χ1v) is 15.1. The number of nitrogens with zero attached hydrogens (tertiary/aromatic N) is 5. The van der Waals surface area contributed by atoms with Crippen LogP contribution >= 0.6 is 0 Å². The molecule has 4 fully saturated rings. The maximum absolute atomic E-state index is 13.3. The molecule has 4 heterocycles. The van der Waals surface area contributed by atoms with Crippen molar-refractivity contribution in [3.63, 3.8) is 0 Å². The number of likely N-dealkylation sites (tertiary alicyclic amines) is 3. The van der Waals surface area contributed by atoms with Crippen molar-refractivity contribution in [1.29, 1.82) is 0 Å². The molecule has 1 saturated carbocycles. The first kappa shape index (κ1) is 26.4. The Labute approximate surface area is 233 Å². The Morgan fingerprint density at radius 2 is 1.49 bits per heavy atom. The molecule has 7 nitrogen and oxygen atoms in total. The Morgan fingerprint density at radius 3 is 2.10 bits per heavy atom. The van der Waals surface area contributed by atoms with Crippen LogP contribution in [0.3, 0.4) is 0 Å². The number of rotatable bonds is 6. The van der Waals surface area contributed by atoms with Gasteiger partial charge in [-0.05, 0) is 75.3 Å². The van der Waals surface area contributed by atoms with E-state index in [1.54, 1.807) is 0 Å². The van der Waals surface area contributed by atoms with Crippen molar-refractivity contribution < 1.29 is 9.59 Å². The summed E-state index contributed by atoms with van der Waals surface area (Å²) < 4.78 is 0. The molecular weight excluding hydrogens is 486 g/mol. The second-order valence-corrected chi connectivity index (χ2v) is 12.6. The number of hydrogen-bond acceptors (Lipinski definition) is 5. The molecule has 1 aromatic carbocycles. The average molecular weight is 530 g/mol. The summed E-state index contributed by atoms with van der Waals surface area (Å²) in [5.74, 6) is 1.85. The van der Waals surface area contributed by atoms with Crippen molar-refractivity contribution in [2.75, 3.05) is 45.8 Å². The second-order valence-electron chi connectivity index (χ2n) is 12.6. The summed E-state index contributed by atoms with van der Waals surface area (Å²) in [4.78, 5) is 41.8. The lowest BCUT2D eigenvalue weighted by Crippen LogP contribution is -2.48. The minimum atomic E-state index is 0.0912. The van der Waals surface area contributed by atoms with E-state index in [-0.39, 0.29) is 17.2 Å². The smallest absolute Gasteiger partial charge is 0.257 e. The van der Waals surface area contributed by atoms with Crippen molar-refractivity contribution >= 4 is 11.8 Å². The standard InChI is InChI=1S/C32H43N5O2/c1-23-29(24(2)34-22-33-23)31(39)37-20-26-18-35(19-27(26)21-37)15-12-32(28-10-4-3-5-11-28)13-16-36(17-14-32)30(38)25-8-6-7-9-25/h3-5,10-11,22,25-27H,6-9,12-21H2,1-2H3. The van der Waals surface area contributed by atoms with E-state index in [4.69, 9.17) is 0 Å². The molecule has 4 aliphatic rings. The summed E-state index contributed by atoms with van der Waals surface area (Å²) in [5, 5.41) is 0. The zero-order chi connectivity index (χ0) is 27.0. The van der Waals surface area contributed by atoms with Gasteiger partial charge < -0.3 is 14.7 Å². The Balaban J connectivity index is 1.07. The third-order valence-corrected chi connectivity index (χ3v) is 10.3. The summed E-state index contributed by atoms with van der Waals surface area (Å²) in [6.07, 6.45) is 9.36. The highest BCUT2D eigenvalue weighted by Crippen LogP contribution is 2.41. The van der Waals surface area contributed by atoms with Gasteiger partial charge in [0.05, 0.1) is 17.0 Å². The molecule has 2 aromatic rings. The zero-order valence-electron chi connectivity index (χ0n) is 23.6. The molecule has 0 bridgehead atoms. The molecule has 39 heavy (non-hydrogen) atoms. The first-order chi connectivity index (χ1) is 18.9. The molecule has 0 spiro atoms. The molecule has 7 heteroatoms. The molecule has 2 amide bonds. The lowest BCUT2D eigenvalue weighted by molar-refractivity contribution is -0.137. The van der Waals surface area contributed by atoms with E-state index in [1.807, 2.05) is 18.7 Å². The highest BCUT2D eigenvalue weighted by atomic mass is 16.2. The van der Waals surface area contributed by atoms with E-state index < -0.39 is 0 Å². The number of amides is 2. The molecule has 0 N–H and O–H groups in total. The van der Waals surface area contributed by atoms with E-state index in [0.717, 1.165) is 89.3 Å². The Kier molecular flexibility index (Phi) is 7.45. The van der Waals surface area contributed by atoms with Crippen LogP contribution in [0, 0.1) is 31.6 Å². The van der Waals surface area contributed by atoms with E-state index in [0.29, 0.717) is 23.3 Å². The molecule has 2 unspecified atom stereocenters. The normalized spacial score (nSPS) is 25.3. The van der Waals surface area contributed by atoms with Crippen molar-refractivity contribution in [2.24, 2.45) is 17.8 Å². The predicted molar refractivity (Wildman–Crippen MR) is 151 cm³/mol. The van der Waals surface area contributed by atoms with Gasteiger partial charge in [-0.3, -0.25) is 9.59 Å². The van der Waals surface area contributed by atoms with Crippen molar-refractivity contribution in [3.8, 4) is 0 Å². The number of benzene rings is 1. The monoisotopic (exact) mass is 529 g/mol. The third-order valence-electron chi connectivity index (χ3n) is 10.3. The van der Waals surface area contributed by atoms with Gasteiger partial charge in [0.25, 0.3) is 5.91 Å². The summed E-state index contributed by atoms with van der Waals surface area (Å²) in [6, 6.07) is 11.0. The van der Waals surface area contributed by atoms with Crippen LogP contribution in [0.25, 0.3) is 0 Å². The number of fused-ring (bicyclic) bond motifs is 1. The van der Waals surface area contributed by atoms with Crippen LogP contribution in [0.2, 0.25) is 0 Å². The van der Waals surface area contributed by atoms with Gasteiger partial charge in [-0.1, -0.05) is 43.2 Å². The van der Waals surface area contributed by atoms with Gasteiger partial charge in [-0.2, -0.15) is 0 Å². The van der Waals surface area contributed by atoms with Crippen molar-refractivity contribution in [1.82, 2.24) is 24.7 Å². The molecule has 208 valence electrons. The van der Waals surface area contributed by atoms with E-state index in [1.165, 1.54) is 24.7 Å². The second kappa shape index (κ2) is 11.0. The number of carbonyl (C=O) groups is 2. The van der Waals surface area contributed by atoms with Crippen LogP contribution in [-0.4, -0.2) is 82.3 Å². The zero-order valence-corrected chi connectivity index (χ0v) is 23.6. The van der Waals surface area contributed by atoms with Gasteiger partial charge >= 0.3 is 0 Å². The van der Waals surface area contributed by atoms with Crippen LogP contribution in [0.5, 0.6) is 0 Å². The average Bonchev–Trinajstić information content (AvgIpc) is 3.70. The van der Waals surface area contributed by atoms with Crippen LogP contribution in [0.4, 0.5) is 0 Å². The number of hydrogen-bond donors (Lipinski definition) is 0. The molecular formula is C32H43N5O2. The molecule has 2 atom stereocenters. The summed E-state index contributed by atoms with van der Waals surface area (Å²) in [5.41, 5.74) is 3.79. The number of piperidine rings is 1. The van der Waals surface area contributed by atoms with E-state index in [2.05, 4.69) is 50.1 Å². The SMILES string of the molecule is Cc1ncnc(C)c1C(=O)N1CC2CN(CCC3(c4ccccc4)CCN(C(=O)C4CCCC4)CC3)CC2C1. The fourth-order valence-electron chi connectivity index (χ4n) is 7.93. The van der Waals surface area contributed by atoms with Gasteiger partial charge in [0.2, 0.25) is 5.91 Å². The fourth-order valence-corrected chi connectivity index (χ4v) is 7.93. The maximum Gasteiger partial charge on any atom is 0.257 e. The molecule has 1 aromatic heterocycles. The molecule has 6 rings (SSSR count). The van der Waals surface area contributed by atoms with Gasteiger partial charge in [-0.15, -0.1) is 0 Å². The van der Waals surface area contributed by atoms with Crippen molar-refractivity contribution in [3.05, 3.63) is 59.2 Å². The van der Waals surface area contributed by atoms with Crippen LogP contribution < -0.4 is 0 Å². The minimum absolute atomic E-state index is 0.0912. The van der Waals surface area contributed by atoms with Gasteiger partial charge in [-0.25, -0.2) is 9.97 Å². The predicted octanol–water partition coefficient (Wildman–Crippen LogP) is 4.24. The quantitative estimate of drug-likeness (QED) is 0.560. The van der Waals surface area contributed by atoms with Gasteiger partial charge in [0.1, 0.15) is 6.33 Å². The Bertz CT molecular complexity index is 1150. The number of aryl methyl sites for hydroxylation is 2. The Morgan fingerprint density at radius 1 is 0.872 bits per heavy atom. The highest BCUT2D eigenvalue weighted by Gasteiger charge is 2.44. The fraction of sp³-hybridized carbons (Fsp3) is 0.625. The highest BCUT2D eigenvalue weighted by molar-refractivity contribution is 5.96. The molecule has 3 saturated heterocycles. The lowest BCUT2D eigenvalue weighted by atomic mass is 9.70. The van der Waals surface area contributed by atoms with Crippen molar-refractivity contribution in [2.45, 2.75) is 64.2 Å². The minimum Gasteiger partial charge on any atom is -0.342 e. The van der Waals surface area contributed by atoms with E-state index in [9.17, 15) is 9.59 Å². The summed E-state index contributed by atoms with van der Waals surface area (Å²) in [7, 11) is 0. The molecule has 1 aliphatic carbocycles. The topological polar surface area (TPSA) is 69.6 Å². The summed E-state index contributed by atoms with van der Waals surface area (Å²) in [6.45, 7) is 10.4. The Hall–Kier alpha value is -2.80. The van der Waals surface area contributed by atoms with E-state index >= 15 is 0 Å². The number of aromatic nitrogens is 2. The largest absolute Gasteiger partial charge is 0.342 e. The van der Waals surface area contributed by atoms with Crippen LogP contribution in [-0.2, 0) is 10.2 Å². The van der Waals surface area contributed by atoms with Crippen LogP contribution in [0.15, 0.2) is 36.7 Å². The van der Waals surface area contributed by atoms with Gasteiger partial charge in [0, 0.05) is 45.2 Å². The first-order valence-electron chi connectivity index (χ1n) is 15.1. The molecule has 0 radical (unpaired) electrons.